The molecule has 3 heterocycles. The van der Waals surface area contributed by atoms with E-state index in [1.54, 1.807) is 17.7 Å². The fourth-order valence-corrected chi connectivity index (χ4v) is 5.22. The van der Waals surface area contributed by atoms with Crippen LogP contribution in [-0.4, -0.2) is 52.3 Å². The van der Waals surface area contributed by atoms with Crippen molar-refractivity contribution in [3.63, 3.8) is 0 Å². The molecule has 0 radical (unpaired) electrons. The second-order valence-electron chi connectivity index (χ2n) is 9.52. The fraction of sp³-hybridized carbons (Fsp3) is 0.360. The van der Waals surface area contributed by atoms with Gasteiger partial charge in [-0.05, 0) is 30.2 Å². The molecule has 2 N–H and O–H groups in total. The van der Waals surface area contributed by atoms with Crippen LogP contribution in [0.5, 0.6) is 0 Å². The third-order valence-electron chi connectivity index (χ3n) is 6.63. The number of H-pyrrole nitrogens is 1. The summed E-state index contributed by atoms with van der Waals surface area (Å²) in [6.45, 7) is 4.11. The van der Waals surface area contributed by atoms with Gasteiger partial charge in [0.15, 0.2) is 23.6 Å². The van der Waals surface area contributed by atoms with Crippen LogP contribution in [0.1, 0.15) is 37.4 Å². The molecule has 1 aliphatic rings. The summed E-state index contributed by atoms with van der Waals surface area (Å²) in [6, 6.07) is 5.25. The van der Waals surface area contributed by atoms with E-state index in [4.69, 9.17) is 9.47 Å². The van der Waals surface area contributed by atoms with Crippen molar-refractivity contribution < 1.29 is 32.5 Å². The molecule has 7 nitrogen and oxygen atoms in total. The highest BCUT2D eigenvalue weighted by Crippen LogP contribution is 2.46. The van der Waals surface area contributed by atoms with E-state index in [0.717, 1.165) is 12.1 Å². The molecule has 2 atom stereocenters. The van der Waals surface area contributed by atoms with Crippen molar-refractivity contribution in [3.05, 3.63) is 59.2 Å². The molecule has 0 aliphatic carbocycles. The van der Waals surface area contributed by atoms with Gasteiger partial charge in [-0.2, -0.15) is 5.10 Å². The number of carbonyl (C=O) groups is 1. The molecule has 0 amide bonds. The highest BCUT2D eigenvalue weighted by atomic mass is 19.2. The molecule has 1 fully saturated rings. The van der Waals surface area contributed by atoms with E-state index in [0.29, 0.717) is 27.8 Å². The van der Waals surface area contributed by atoms with Crippen molar-refractivity contribution >= 4 is 27.8 Å². The van der Waals surface area contributed by atoms with Gasteiger partial charge in [-0.1, -0.05) is 13.8 Å². The van der Waals surface area contributed by atoms with Crippen LogP contribution in [0.15, 0.2) is 30.5 Å². The average molecular weight is 487 g/mol. The van der Waals surface area contributed by atoms with E-state index >= 15 is 4.39 Å². The first-order valence-corrected chi connectivity index (χ1v) is 11.1. The maximum absolute atomic E-state index is 16.1. The summed E-state index contributed by atoms with van der Waals surface area (Å²) < 4.78 is 57.0. The lowest BCUT2D eigenvalue weighted by molar-refractivity contribution is -0.147. The van der Waals surface area contributed by atoms with E-state index in [9.17, 15) is 18.7 Å². The van der Waals surface area contributed by atoms with Crippen molar-refractivity contribution in [2.45, 2.75) is 37.7 Å². The Balaban J connectivity index is 1.92. The largest absolute Gasteiger partial charge is 0.479 e. The molecule has 2 aromatic heterocycles. The molecular formula is C25H24F3N3O4. The van der Waals surface area contributed by atoms with Crippen molar-refractivity contribution in [1.82, 2.24) is 14.8 Å². The Morgan fingerprint density at radius 3 is 2.71 bits per heavy atom. The van der Waals surface area contributed by atoms with Crippen molar-refractivity contribution in [3.8, 4) is 5.69 Å². The van der Waals surface area contributed by atoms with Gasteiger partial charge in [0, 0.05) is 46.7 Å². The SMILES string of the molecule is COCC(C)(C)c1c([C@H]2COC(C(=O)O)C2)c2c(F)c3[nH]ncc3cc2n1-c1ccc(F)c(F)c1. The van der Waals surface area contributed by atoms with Crippen LogP contribution in [0.3, 0.4) is 0 Å². The summed E-state index contributed by atoms with van der Waals surface area (Å²) in [4.78, 5) is 11.6. The molecule has 1 unspecified atom stereocenters. The molecule has 10 heteroatoms. The molecule has 5 rings (SSSR count). The topological polar surface area (TPSA) is 89.4 Å². The number of nitrogens with zero attached hydrogens (tertiary/aromatic N) is 2. The first kappa shape index (κ1) is 23.4. The molecule has 2 aromatic carbocycles. The van der Waals surface area contributed by atoms with Gasteiger partial charge in [0.2, 0.25) is 0 Å². The number of fused-ring (bicyclic) bond motifs is 2. The Kier molecular flexibility index (Phi) is 5.60. The molecule has 0 spiro atoms. The third-order valence-corrected chi connectivity index (χ3v) is 6.63. The summed E-state index contributed by atoms with van der Waals surface area (Å²) in [5.74, 6) is -4.14. The number of rotatable bonds is 6. The van der Waals surface area contributed by atoms with Crippen LogP contribution < -0.4 is 0 Å². The summed E-state index contributed by atoms with van der Waals surface area (Å²) in [5, 5.41) is 16.9. The molecular weight excluding hydrogens is 463 g/mol. The molecule has 4 aromatic rings. The van der Waals surface area contributed by atoms with E-state index in [-0.39, 0.29) is 30.5 Å². The van der Waals surface area contributed by atoms with Gasteiger partial charge in [-0.15, -0.1) is 0 Å². The zero-order valence-electron chi connectivity index (χ0n) is 19.4. The number of hydrogen-bond acceptors (Lipinski definition) is 4. The highest BCUT2D eigenvalue weighted by Gasteiger charge is 2.40. The fourth-order valence-electron chi connectivity index (χ4n) is 5.22. The van der Waals surface area contributed by atoms with Crippen molar-refractivity contribution in [1.29, 1.82) is 0 Å². The summed E-state index contributed by atoms with van der Waals surface area (Å²) >= 11 is 0. The molecule has 184 valence electrons. The Hall–Kier alpha value is -3.37. The molecule has 1 aliphatic heterocycles. The third kappa shape index (κ3) is 3.68. The van der Waals surface area contributed by atoms with E-state index in [1.165, 1.54) is 12.3 Å². The quantitative estimate of drug-likeness (QED) is 0.408. The Bertz CT molecular complexity index is 1460. The number of nitrogens with one attached hydrogen (secondary N) is 1. The standard InChI is InChI=1S/C25H24F3N3O4/c1-25(2,11-34-3)23-19(13-7-18(24(32)33)35-10-13)20-17(6-12-9-29-30-22(12)21(20)28)31(23)14-4-5-15(26)16(27)8-14/h4-6,8-9,13,18H,7,10-11H2,1-3H3,(H,29,30)(H,32,33)/t13-,18?/m1/s1. The molecule has 0 saturated carbocycles. The van der Waals surface area contributed by atoms with Crippen LogP contribution in [0.25, 0.3) is 27.5 Å². The number of benzene rings is 2. The van der Waals surface area contributed by atoms with Gasteiger partial charge in [0.1, 0.15) is 5.52 Å². The normalized spacial score (nSPS) is 18.7. The Labute approximate surface area is 198 Å². The minimum Gasteiger partial charge on any atom is -0.479 e. The maximum Gasteiger partial charge on any atom is 0.332 e. The minimum atomic E-state index is -1.09. The lowest BCUT2D eigenvalue weighted by Crippen LogP contribution is -2.29. The number of ether oxygens (including phenoxy) is 2. The van der Waals surface area contributed by atoms with Crippen LogP contribution in [0.2, 0.25) is 0 Å². The van der Waals surface area contributed by atoms with Gasteiger partial charge < -0.3 is 19.1 Å². The van der Waals surface area contributed by atoms with E-state index in [2.05, 4.69) is 10.2 Å². The lowest BCUT2D eigenvalue weighted by atomic mass is 9.82. The van der Waals surface area contributed by atoms with E-state index < -0.39 is 40.9 Å². The zero-order chi connectivity index (χ0) is 25.1. The molecule has 1 saturated heterocycles. The Morgan fingerprint density at radius 1 is 1.29 bits per heavy atom. The first-order chi connectivity index (χ1) is 16.6. The maximum atomic E-state index is 16.1. The van der Waals surface area contributed by atoms with Gasteiger partial charge >= 0.3 is 5.97 Å². The number of aromatic amines is 1. The first-order valence-electron chi connectivity index (χ1n) is 11.1. The highest BCUT2D eigenvalue weighted by molar-refractivity contribution is 6.00. The number of methoxy groups -OCH3 is 1. The van der Waals surface area contributed by atoms with Crippen LogP contribution in [-0.2, 0) is 19.7 Å². The van der Waals surface area contributed by atoms with Gasteiger partial charge in [-0.25, -0.2) is 18.0 Å². The zero-order valence-corrected chi connectivity index (χ0v) is 19.4. The number of hydrogen-bond donors (Lipinski definition) is 2. The number of aliphatic carboxylic acids is 1. The number of aromatic nitrogens is 3. The summed E-state index contributed by atoms with van der Waals surface area (Å²) in [5.41, 5.74) is 1.37. The summed E-state index contributed by atoms with van der Waals surface area (Å²) in [7, 11) is 1.54. The second-order valence-corrected chi connectivity index (χ2v) is 9.52. The van der Waals surface area contributed by atoms with Crippen molar-refractivity contribution in [2.24, 2.45) is 0 Å². The predicted molar refractivity (Wildman–Crippen MR) is 122 cm³/mol. The van der Waals surface area contributed by atoms with Gasteiger partial charge in [0.25, 0.3) is 0 Å². The van der Waals surface area contributed by atoms with Gasteiger partial charge in [-0.3, -0.25) is 5.10 Å². The number of carboxylic acid groups (broad SMARTS) is 1. The molecule has 35 heavy (non-hydrogen) atoms. The lowest BCUT2D eigenvalue weighted by Gasteiger charge is -2.29. The van der Waals surface area contributed by atoms with Crippen LogP contribution >= 0.6 is 0 Å². The monoisotopic (exact) mass is 487 g/mol. The van der Waals surface area contributed by atoms with Crippen molar-refractivity contribution in [2.75, 3.05) is 20.3 Å². The predicted octanol–water partition coefficient (Wildman–Crippen LogP) is 4.81. The number of halogens is 3. The molecule has 0 bridgehead atoms. The Morgan fingerprint density at radius 2 is 2.06 bits per heavy atom. The smallest absolute Gasteiger partial charge is 0.332 e. The van der Waals surface area contributed by atoms with Gasteiger partial charge in [0.05, 0.1) is 24.9 Å². The van der Waals surface area contributed by atoms with Crippen LogP contribution in [0, 0.1) is 17.5 Å². The van der Waals surface area contributed by atoms with Crippen LogP contribution in [0.4, 0.5) is 13.2 Å². The average Bonchev–Trinajstić information content (AvgIpc) is 3.52. The number of carboxylic acids is 1. The second kappa shape index (κ2) is 8.39. The summed E-state index contributed by atoms with van der Waals surface area (Å²) in [6.07, 6.45) is 0.598. The van der Waals surface area contributed by atoms with E-state index in [1.807, 2.05) is 13.8 Å². The minimum absolute atomic E-state index is 0.0738.